The number of carbonyl (C=O) groups is 1. The van der Waals surface area contributed by atoms with Gasteiger partial charge in [-0.2, -0.15) is 5.10 Å². The molecule has 0 bridgehead atoms. The predicted molar refractivity (Wildman–Crippen MR) is 55.1 cm³/mol. The Morgan fingerprint density at radius 1 is 1.62 bits per heavy atom. The summed E-state index contributed by atoms with van der Waals surface area (Å²) in [5.41, 5.74) is 1.36. The third kappa shape index (κ3) is 1.74. The van der Waals surface area contributed by atoms with Gasteiger partial charge in [-0.05, 0) is 13.0 Å². The van der Waals surface area contributed by atoms with Crippen LogP contribution in [0, 0.1) is 6.92 Å². The maximum absolute atomic E-state index is 11.7. The van der Waals surface area contributed by atoms with Gasteiger partial charge in [0.15, 0.2) is 5.65 Å². The van der Waals surface area contributed by atoms with E-state index >= 15 is 0 Å². The minimum atomic E-state index is -0.514. The highest BCUT2D eigenvalue weighted by Crippen LogP contribution is 2.13. The normalized spacial score (nSPS) is 10.6. The first kappa shape index (κ1) is 10.6. The molecular formula is C10H11N3O3. The average Bonchev–Trinajstić information content (AvgIpc) is 2.62. The van der Waals surface area contributed by atoms with E-state index in [-0.39, 0.29) is 13.2 Å². The number of carbonyl (C=O) groups excluding carboxylic acids is 1. The molecule has 2 aromatic heterocycles. The van der Waals surface area contributed by atoms with Gasteiger partial charge in [-0.15, -0.1) is 0 Å². The zero-order valence-corrected chi connectivity index (χ0v) is 8.75. The molecule has 2 aromatic rings. The van der Waals surface area contributed by atoms with E-state index in [4.69, 9.17) is 9.84 Å². The molecule has 2 heterocycles. The van der Waals surface area contributed by atoms with Gasteiger partial charge < -0.3 is 9.84 Å². The number of aliphatic hydroxyl groups excluding tert-OH is 1. The number of nitrogens with zero attached hydrogens (tertiary/aromatic N) is 3. The molecule has 0 aliphatic carbocycles. The number of hydrogen-bond acceptors (Lipinski definition) is 5. The molecule has 0 spiro atoms. The number of esters is 1. The molecular weight excluding hydrogens is 210 g/mol. The third-order valence-corrected chi connectivity index (χ3v) is 2.10. The number of hydrogen-bond donors (Lipinski definition) is 1. The van der Waals surface area contributed by atoms with Crippen LogP contribution in [-0.4, -0.2) is 38.9 Å². The van der Waals surface area contributed by atoms with E-state index in [1.165, 1.54) is 4.52 Å². The second kappa shape index (κ2) is 4.28. The zero-order valence-electron chi connectivity index (χ0n) is 8.75. The van der Waals surface area contributed by atoms with Crippen molar-refractivity contribution < 1.29 is 14.6 Å². The topological polar surface area (TPSA) is 76.7 Å². The van der Waals surface area contributed by atoms with Gasteiger partial charge in [0.05, 0.1) is 12.3 Å². The van der Waals surface area contributed by atoms with Crippen LogP contribution in [-0.2, 0) is 4.74 Å². The summed E-state index contributed by atoms with van der Waals surface area (Å²) in [6.07, 6.45) is 3.29. The fourth-order valence-corrected chi connectivity index (χ4v) is 1.45. The number of rotatable bonds is 3. The second-order valence-corrected chi connectivity index (χ2v) is 3.21. The number of fused-ring (bicyclic) bond motifs is 1. The molecule has 16 heavy (non-hydrogen) atoms. The molecule has 0 atom stereocenters. The molecule has 0 amide bonds. The van der Waals surface area contributed by atoms with E-state index in [0.717, 1.165) is 0 Å². The van der Waals surface area contributed by atoms with Crippen LogP contribution in [0.15, 0.2) is 18.5 Å². The molecule has 0 aliphatic rings. The number of aryl methyl sites for hydroxylation is 1. The molecule has 0 saturated heterocycles. The molecule has 2 rings (SSSR count). The minimum Gasteiger partial charge on any atom is -0.460 e. The highest BCUT2D eigenvalue weighted by atomic mass is 16.5. The van der Waals surface area contributed by atoms with E-state index < -0.39 is 5.97 Å². The molecule has 0 saturated carbocycles. The summed E-state index contributed by atoms with van der Waals surface area (Å²) in [7, 11) is 0. The Morgan fingerprint density at radius 3 is 3.19 bits per heavy atom. The van der Waals surface area contributed by atoms with Crippen molar-refractivity contribution in [2.45, 2.75) is 6.92 Å². The van der Waals surface area contributed by atoms with Crippen molar-refractivity contribution in [1.82, 2.24) is 14.6 Å². The van der Waals surface area contributed by atoms with Gasteiger partial charge in [0.25, 0.3) is 0 Å². The van der Waals surface area contributed by atoms with Gasteiger partial charge in [-0.25, -0.2) is 14.3 Å². The predicted octanol–water partition coefficient (Wildman–Crippen LogP) is 0.187. The van der Waals surface area contributed by atoms with Gasteiger partial charge in [0.2, 0.25) is 0 Å². The van der Waals surface area contributed by atoms with Crippen LogP contribution in [0.1, 0.15) is 16.1 Å². The summed E-state index contributed by atoms with van der Waals surface area (Å²) in [5.74, 6) is -0.514. The maximum Gasteiger partial charge on any atom is 0.344 e. The molecule has 0 radical (unpaired) electrons. The molecule has 0 unspecified atom stereocenters. The summed E-state index contributed by atoms with van der Waals surface area (Å²) in [4.78, 5) is 15.7. The largest absolute Gasteiger partial charge is 0.460 e. The Labute approximate surface area is 91.5 Å². The van der Waals surface area contributed by atoms with E-state index in [0.29, 0.717) is 16.9 Å². The number of aliphatic hydroxyl groups is 1. The standard InChI is InChI=1S/C10H11N3O3/c1-7-8(10(15)16-6-5-14)9-11-3-2-4-13(9)12-7/h2-4,14H,5-6H2,1H3. The average molecular weight is 221 g/mol. The van der Waals surface area contributed by atoms with Gasteiger partial charge in [0, 0.05) is 12.4 Å². The van der Waals surface area contributed by atoms with Crippen molar-refractivity contribution >= 4 is 11.6 Å². The van der Waals surface area contributed by atoms with Crippen LogP contribution in [0.2, 0.25) is 0 Å². The molecule has 1 N–H and O–H groups in total. The van der Waals surface area contributed by atoms with Crippen molar-refractivity contribution in [1.29, 1.82) is 0 Å². The van der Waals surface area contributed by atoms with Crippen molar-refractivity contribution in [3.63, 3.8) is 0 Å². The van der Waals surface area contributed by atoms with Crippen LogP contribution in [0.3, 0.4) is 0 Å². The highest BCUT2D eigenvalue weighted by molar-refractivity contribution is 5.97. The first-order chi connectivity index (χ1) is 7.74. The van der Waals surface area contributed by atoms with Gasteiger partial charge >= 0.3 is 5.97 Å². The number of aromatic nitrogens is 3. The van der Waals surface area contributed by atoms with Crippen LogP contribution >= 0.6 is 0 Å². The van der Waals surface area contributed by atoms with Crippen LogP contribution in [0.25, 0.3) is 5.65 Å². The lowest BCUT2D eigenvalue weighted by Gasteiger charge is -2.00. The van der Waals surface area contributed by atoms with Gasteiger partial charge in [-0.1, -0.05) is 0 Å². The lowest BCUT2D eigenvalue weighted by atomic mass is 10.2. The van der Waals surface area contributed by atoms with E-state index in [9.17, 15) is 4.79 Å². The lowest BCUT2D eigenvalue weighted by molar-refractivity contribution is 0.0435. The van der Waals surface area contributed by atoms with E-state index in [1.54, 1.807) is 25.4 Å². The van der Waals surface area contributed by atoms with E-state index in [2.05, 4.69) is 10.1 Å². The summed E-state index contributed by atoms with van der Waals surface area (Å²) in [6, 6.07) is 1.72. The monoisotopic (exact) mass is 221 g/mol. The molecule has 84 valence electrons. The summed E-state index contributed by atoms with van der Waals surface area (Å²) in [5, 5.41) is 12.7. The van der Waals surface area contributed by atoms with Gasteiger partial charge in [-0.3, -0.25) is 0 Å². The minimum absolute atomic E-state index is 0.0254. The quantitative estimate of drug-likeness (QED) is 0.748. The second-order valence-electron chi connectivity index (χ2n) is 3.21. The lowest BCUT2D eigenvalue weighted by Crippen LogP contribution is -2.10. The summed E-state index contributed by atoms with van der Waals surface area (Å²) < 4.78 is 6.36. The zero-order chi connectivity index (χ0) is 11.5. The van der Waals surface area contributed by atoms with Crippen molar-refractivity contribution in [2.75, 3.05) is 13.2 Å². The Balaban J connectivity index is 2.43. The van der Waals surface area contributed by atoms with E-state index in [1.807, 2.05) is 0 Å². The van der Waals surface area contributed by atoms with Crippen molar-refractivity contribution in [3.8, 4) is 0 Å². The van der Waals surface area contributed by atoms with Crippen molar-refractivity contribution in [2.24, 2.45) is 0 Å². The Kier molecular flexibility index (Phi) is 2.82. The molecule has 6 heteroatoms. The fourth-order valence-electron chi connectivity index (χ4n) is 1.45. The van der Waals surface area contributed by atoms with Gasteiger partial charge in [0.1, 0.15) is 12.2 Å². The maximum atomic E-state index is 11.7. The van der Waals surface area contributed by atoms with Crippen LogP contribution in [0.4, 0.5) is 0 Å². The molecule has 0 fully saturated rings. The fraction of sp³-hybridized carbons (Fsp3) is 0.300. The Morgan fingerprint density at radius 2 is 2.44 bits per heavy atom. The third-order valence-electron chi connectivity index (χ3n) is 2.10. The summed E-state index contributed by atoms with van der Waals surface area (Å²) >= 11 is 0. The number of ether oxygens (including phenoxy) is 1. The Hall–Kier alpha value is -1.95. The highest BCUT2D eigenvalue weighted by Gasteiger charge is 2.18. The molecule has 0 aromatic carbocycles. The molecule has 6 nitrogen and oxygen atoms in total. The summed E-state index contributed by atoms with van der Waals surface area (Å²) in [6.45, 7) is 1.49. The first-order valence-corrected chi connectivity index (χ1v) is 4.82. The molecule has 0 aliphatic heterocycles. The van der Waals surface area contributed by atoms with Crippen molar-refractivity contribution in [3.05, 3.63) is 29.7 Å². The first-order valence-electron chi connectivity index (χ1n) is 4.82. The van der Waals surface area contributed by atoms with Crippen LogP contribution < -0.4 is 0 Å². The van der Waals surface area contributed by atoms with Crippen LogP contribution in [0.5, 0.6) is 0 Å². The SMILES string of the molecule is Cc1nn2cccnc2c1C(=O)OCCO. The Bertz CT molecular complexity index is 521. The smallest absolute Gasteiger partial charge is 0.344 e.